The molecule has 131 heavy (non-hydrogen) atoms. The van der Waals surface area contributed by atoms with Crippen molar-refractivity contribution in [3.8, 4) is 132 Å². The molecule has 32 nitrogen and oxygen atoms in total. The molecule has 0 radical (unpaired) electrons. The first-order chi connectivity index (χ1) is 64.3. The van der Waals surface area contributed by atoms with Gasteiger partial charge in [-0.2, -0.15) is 20.4 Å². The average molecular weight is 1800 g/mol. The molecule has 24 rings (SSSR count). The Hall–Kier alpha value is -16.1. The quantitative estimate of drug-likeness (QED) is 0.0339. The summed E-state index contributed by atoms with van der Waals surface area (Å²) in [6.45, 7) is 8.82. The number of nitrogens with one attached hydrogen (secondary N) is 10. The van der Waals surface area contributed by atoms with Crippen molar-refractivity contribution < 1.29 is 0 Å². The van der Waals surface area contributed by atoms with Crippen LogP contribution in [0.1, 0.15) is 31.9 Å². The molecule has 0 aliphatic carbocycles. The summed E-state index contributed by atoms with van der Waals surface area (Å²) in [5.74, 6) is 2.81. The number of fused-ring (bicyclic) bond motifs is 8. The van der Waals surface area contributed by atoms with E-state index in [1.165, 1.54) is 0 Å². The zero-order valence-electron chi connectivity index (χ0n) is 71.3. The van der Waals surface area contributed by atoms with Gasteiger partial charge in [0.15, 0.2) is 45.9 Å². The summed E-state index contributed by atoms with van der Waals surface area (Å²) >= 11 is 6.68. The fourth-order valence-corrected chi connectivity index (χ4v) is 18.5. The number of hydrogen-bond acceptors (Lipinski definition) is 28. The predicted octanol–water partition coefficient (Wildman–Crippen LogP) is 19.8. The van der Waals surface area contributed by atoms with Gasteiger partial charge in [0.2, 0.25) is 0 Å². The number of pyridine rings is 12. The average Bonchev–Trinajstić information content (AvgIpc) is 1.62. The number of hydrogen-bond donors (Lipinski definition) is 10. The molecular weight excluding hydrogens is 1720 g/mol. The Morgan fingerprint density at radius 1 is 0.344 bits per heavy atom. The minimum atomic E-state index is 0.324. The van der Waals surface area contributed by atoms with Crippen molar-refractivity contribution in [2.24, 2.45) is 0 Å². The van der Waals surface area contributed by atoms with E-state index in [0.29, 0.717) is 51.9 Å². The summed E-state index contributed by atoms with van der Waals surface area (Å²) in [6.07, 6.45) is 36.8. The largest absolute Gasteiger partial charge is 0.382 e. The molecule has 0 aliphatic heterocycles. The van der Waals surface area contributed by atoms with Crippen LogP contribution in [0.3, 0.4) is 0 Å². The predicted molar refractivity (Wildman–Crippen MR) is 521 cm³/mol. The maximum atomic E-state index is 4.90. The highest BCUT2D eigenvalue weighted by Crippen LogP contribution is 2.41. The molecule has 0 aliphatic rings. The molecule has 0 fully saturated rings. The third-order valence-corrected chi connectivity index (χ3v) is 25.4. The highest BCUT2D eigenvalue weighted by Gasteiger charge is 2.24. The van der Waals surface area contributed by atoms with E-state index >= 15 is 0 Å². The van der Waals surface area contributed by atoms with Crippen molar-refractivity contribution in [1.29, 1.82) is 0 Å². The van der Waals surface area contributed by atoms with Crippen LogP contribution in [0, 0.1) is 0 Å². The lowest BCUT2D eigenvalue weighted by Gasteiger charge is -2.12. The Morgan fingerprint density at radius 3 is 1.00 bits per heavy atom. The van der Waals surface area contributed by atoms with E-state index in [1.54, 1.807) is 70.1 Å². The van der Waals surface area contributed by atoms with E-state index in [4.69, 9.17) is 19.9 Å². The summed E-state index contributed by atoms with van der Waals surface area (Å²) in [5, 5.41) is 48.5. The van der Waals surface area contributed by atoms with E-state index < -0.39 is 0 Å². The maximum Gasteiger partial charge on any atom is 0.181 e. The summed E-state index contributed by atoms with van der Waals surface area (Å²) < 4.78 is 0. The number of rotatable bonds is 20. The van der Waals surface area contributed by atoms with Gasteiger partial charge in [0.1, 0.15) is 44.8 Å². The molecule has 0 saturated heterocycles. The number of imidazole rings is 4. The molecule has 10 N–H and O–H groups in total. The van der Waals surface area contributed by atoms with Crippen molar-refractivity contribution in [2.75, 3.05) is 45.0 Å². The number of aromatic nitrogens is 28. The topological polar surface area (TPSA) is 415 Å². The number of anilines is 2. The van der Waals surface area contributed by atoms with Gasteiger partial charge in [-0.15, -0.1) is 45.3 Å². The summed E-state index contributed by atoms with van der Waals surface area (Å²) in [4.78, 5) is 95.3. The summed E-state index contributed by atoms with van der Waals surface area (Å²) in [7, 11) is 8.09. The number of nitrogens with zero attached hydrogens (tertiary/aromatic N) is 22. The van der Waals surface area contributed by atoms with E-state index in [2.05, 4.69) is 251 Å². The van der Waals surface area contributed by atoms with Gasteiger partial charge < -0.3 is 40.4 Å². The van der Waals surface area contributed by atoms with Crippen molar-refractivity contribution in [2.45, 2.75) is 39.9 Å². The van der Waals surface area contributed by atoms with Gasteiger partial charge in [-0.25, -0.2) is 39.9 Å². The van der Waals surface area contributed by atoms with E-state index in [1.807, 2.05) is 157 Å². The number of H-pyrrole nitrogens is 8. The van der Waals surface area contributed by atoms with Crippen LogP contribution in [0.2, 0.25) is 0 Å². The molecule has 0 bridgehead atoms. The maximum absolute atomic E-state index is 4.90. The Balaban J connectivity index is 0.000000105. The Labute approximate surface area is 761 Å². The van der Waals surface area contributed by atoms with Gasteiger partial charge in [-0.1, -0.05) is 31.2 Å². The fourth-order valence-electron chi connectivity index (χ4n) is 15.6. The van der Waals surface area contributed by atoms with Crippen LogP contribution in [-0.2, 0) is 13.1 Å². The fraction of sp³-hybridized carbons (Fsp3) is 0.116. The zero-order valence-corrected chi connectivity index (χ0v) is 74.5. The first-order valence-electron chi connectivity index (χ1n) is 41.8. The van der Waals surface area contributed by atoms with Crippen molar-refractivity contribution in [3.05, 3.63) is 254 Å². The zero-order chi connectivity index (χ0) is 88.6. The second-order valence-electron chi connectivity index (χ2n) is 31.6. The van der Waals surface area contributed by atoms with Crippen LogP contribution >= 0.6 is 45.3 Å². The standard InChI is InChI=1S/3C24H20N8S.C23H18N8S/c1-32(2)13-14-6-15(9-25-8-14)16-7-17-22(30-31-23(17)27-10-16)24-28-19-12-26-11-18(21(19)29-24)20-4-3-5-33-20;1-13(2)28-16-6-14(8-25-10-16)15-7-17-22(31-32-23(17)27-9-15)24-29-19-12-26-11-18(21(19)30-24)20-4-3-5-33-20;1-2-25-8-14-6-15(10-26-9-14)16-7-17-22(31-32-23(17)28-11-16)24-29-19-13-27-12-18(21(19)30-24)20-4-3-5-33-20;1-31(2)15-6-13(8-24-10-15)14-7-16-21(29-30-22(16)26-9-14)23-27-18-12-25-11-17(20(18)28-23)19-4-3-5-32-19/h3-12H,13H2,1-2H3,(H,28,29)(H,27,30,31);3-13,28H,1-2H3,(H,29,30)(H,27,31,32);3-7,9-13,25H,2,8H2,1H3,(H,29,30)(H,28,31,32);3-12H,1-2H3,(H,27,28)(H,26,29,30). The SMILES string of the molecule is CC(C)Nc1cncc(-c2cnc3n[nH]c(-c4nc5c(-c6cccs6)cncc5[nH]4)c3c2)c1.CCNCc1cncc(-c2cnc3n[nH]c(-c4nc5c(-c6cccs6)cncc5[nH]4)c3c2)c1.CN(C)Cc1cncc(-c2cnc3n[nH]c(-c4nc5c(-c6cccs6)cncc5[nH]4)c3c2)c1.CN(C)c1cncc(-c2cnc3n[nH]c(-c4nc5c(-c6cccs6)cncc5[nH]4)c3c2)c1. The van der Waals surface area contributed by atoms with Gasteiger partial charge in [-0.3, -0.25) is 60.3 Å². The monoisotopic (exact) mass is 1790 g/mol. The molecule has 36 heteroatoms. The summed E-state index contributed by atoms with van der Waals surface area (Å²) in [5.41, 5.74) is 29.0. The van der Waals surface area contributed by atoms with Crippen LogP contribution < -0.4 is 15.5 Å². The van der Waals surface area contributed by atoms with Crippen molar-refractivity contribution >= 4 is 145 Å². The second kappa shape index (κ2) is 35.6. The molecule has 0 spiro atoms. The summed E-state index contributed by atoms with van der Waals surface area (Å²) in [6, 6.07) is 33.5. The third kappa shape index (κ3) is 16.7. The van der Waals surface area contributed by atoms with Gasteiger partial charge in [-0.05, 0) is 140 Å². The van der Waals surface area contributed by atoms with Gasteiger partial charge in [0.05, 0.1) is 86.0 Å². The van der Waals surface area contributed by atoms with Crippen molar-refractivity contribution in [3.63, 3.8) is 0 Å². The Morgan fingerprint density at radius 2 is 0.664 bits per heavy atom. The molecule has 24 aromatic rings. The first kappa shape index (κ1) is 81.9. The lowest BCUT2D eigenvalue weighted by Crippen LogP contribution is -2.11. The van der Waals surface area contributed by atoms with Crippen LogP contribution in [-0.4, -0.2) is 186 Å². The van der Waals surface area contributed by atoms with Crippen molar-refractivity contribution in [1.82, 2.24) is 151 Å². The lowest BCUT2D eigenvalue weighted by atomic mass is 10.1. The molecule has 0 unspecified atom stereocenters. The van der Waals surface area contributed by atoms with Crippen LogP contribution in [0.25, 0.3) is 221 Å². The lowest BCUT2D eigenvalue weighted by molar-refractivity contribution is 0.402. The van der Waals surface area contributed by atoms with Gasteiger partial charge in [0, 0.05) is 212 Å². The number of aromatic amines is 8. The smallest absolute Gasteiger partial charge is 0.181 e. The normalized spacial score (nSPS) is 11.6. The van der Waals surface area contributed by atoms with E-state index in [9.17, 15) is 0 Å². The molecule has 24 heterocycles. The minimum absolute atomic E-state index is 0.324. The first-order valence-corrected chi connectivity index (χ1v) is 45.3. The highest BCUT2D eigenvalue weighted by atomic mass is 32.1. The Kier molecular flexibility index (Phi) is 22.3. The van der Waals surface area contributed by atoms with Crippen LogP contribution in [0.5, 0.6) is 0 Å². The molecule has 0 amide bonds. The Bertz CT molecular complexity index is 7960. The second-order valence-corrected chi connectivity index (χ2v) is 35.4. The third-order valence-electron chi connectivity index (χ3n) is 21.7. The highest BCUT2D eigenvalue weighted by molar-refractivity contribution is 7.14. The van der Waals surface area contributed by atoms with Crippen LogP contribution in [0.15, 0.2) is 243 Å². The number of thiophene rings is 4. The van der Waals surface area contributed by atoms with Gasteiger partial charge >= 0.3 is 0 Å². The van der Waals surface area contributed by atoms with E-state index in [0.717, 1.165) is 217 Å². The molecule has 0 saturated carbocycles. The molecule has 0 aromatic carbocycles. The van der Waals surface area contributed by atoms with Crippen LogP contribution in [0.4, 0.5) is 11.4 Å². The molecular formula is C95H78N32S4. The molecule has 24 aromatic heterocycles. The minimum Gasteiger partial charge on any atom is -0.382 e. The van der Waals surface area contributed by atoms with E-state index in [-0.39, 0.29) is 0 Å². The molecule has 642 valence electrons. The van der Waals surface area contributed by atoms with Gasteiger partial charge in [0.25, 0.3) is 0 Å². The molecule has 0 atom stereocenters.